The molecule has 24 heavy (non-hydrogen) atoms. The molecule has 0 saturated heterocycles. The average molecular weight is 324 g/mol. The lowest BCUT2D eigenvalue weighted by molar-refractivity contribution is 0.101. The molecule has 0 bridgehead atoms. The van der Waals surface area contributed by atoms with Crippen molar-refractivity contribution in [2.45, 2.75) is 6.92 Å². The molecule has 0 aromatic heterocycles. The van der Waals surface area contributed by atoms with Gasteiger partial charge in [-0.1, -0.05) is 30.3 Å². The minimum Gasteiger partial charge on any atom is -0.490 e. The van der Waals surface area contributed by atoms with Gasteiger partial charge in [0, 0.05) is 5.56 Å². The summed E-state index contributed by atoms with van der Waals surface area (Å²) in [6.07, 6.45) is 0. The van der Waals surface area contributed by atoms with Crippen LogP contribution < -0.4 is 9.47 Å². The Kier molecular flexibility index (Phi) is 4.75. The molecule has 0 heterocycles. The van der Waals surface area contributed by atoms with E-state index in [0.717, 1.165) is 16.5 Å². The fourth-order valence-electron chi connectivity index (χ4n) is 2.41. The molecule has 0 aliphatic carbocycles. The van der Waals surface area contributed by atoms with Gasteiger partial charge in [0.1, 0.15) is 19.0 Å². The molecule has 3 nitrogen and oxygen atoms in total. The quantitative estimate of drug-likeness (QED) is 0.489. The molecule has 4 heteroatoms. The summed E-state index contributed by atoms with van der Waals surface area (Å²) in [5, 5.41) is 2.25. The zero-order chi connectivity index (χ0) is 16.9. The summed E-state index contributed by atoms with van der Waals surface area (Å²) in [5.41, 5.74) is 0.326. The summed E-state index contributed by atoms with van der Waals surface area (Å²) in [7, 11) is 0. The van der Waals surface area contributed by atoms with Crippen LogP contribution >= 0.6 is 0 Å². The minimum absolute atomic E-state index is 0.113. The third-order valence-electron chi connectivity index (χ3n) is 3.67. The van der Waals surface area contributed by atoms with E-state index in [1.165, 1.54) is 19.1 Å². The van der Waals surface area contributed by atoms with Crippen LogP contribution in [0.4, 0.5) is 4.39 Å². The second kappa shape index (κ2) is 7.13. The molecular weight excluding hydrogens is 307 g/mol. The smallest absolute Gasteiger partial charge is 0.165 e. The Hall–Kier alpha value is -2.88. The fraction of sp³-hybridized carbons (Fsp3) is 0.150. The van der Waals surface area contributed by atoms with Crippen molar-refractivity contribution >= 4 is 16.6 Å². The van der Waals surface area contributed by atoms with Crippen molar-refractivity contribution in [3.63, 3.8) is 0 Å². The average Bonchev–Trinajstić information content (AvgIpc) is 2.59. The monoisotopic (exact) mass is 324 g/mol. The molecule has 0 fully saturated rings. The van der Waals surface area contributed by atoms with E-state index in [1.807, 2.05) is 42.5 Å². The van der Waals surface area contributed by atoms with E-state index in [1.54, 1.807) is 6.07 Å². The number of ether oxygens (including phenoxy) is 2. The molecule has 0 unspecified atom stereocenters. The topological polar surface area (TPSA) is 35.5 Å². The second-order valence-corrected chi connectivity index (χ2v) is 5.41. The van der Waals surface area contributed by atoms with Gasteiger partial charge in [-0.15, -0.1) is 0 Å². The van der Waals surface area contributed by atoms with E-state index < -0.39 is 5.82 Å². The largest absolute Gasteiger partial charge is 0.490 e. The Balaban J connectivity index is 1.55. The van der Waals surface area contributed by atoms with Gasteiger partial charge in [0.25, 0.3) is 0 Å². The summed E-state index contributed by atoms with van der Waals surface area (Å²) >= 11 is 0. The number of hydrogen-bond acceptors (Lipinski definition) is 3. The molecule has 0 spiro atoms. The van der Waals surface area contributed by atoms with Gasteiger partial charge in [-0.2, -0.15) is 0 Å². The molecule has 0 aliphatic rings. The Morgan fingerprint density at radius 3 is 2.42 bits per heavy atom. The number of rotatable bonds is 6. The van der Waals surface area contributed by atoms with Crippen molar-refractivity contribution in [3.05, 3.63) is 72.0 Å². The SMILES string of the molecule is CC(=O)c1ccc(OCCOc2ccc3ccccc3c2)c(F)c1. The van der Waals surface area contributed by atoms with Crippen LogP contribution in [-0.2, 0) is 0 Å². The van der Waals surface area contributed by atoms with E-state index in [2.05, 4.69) is 0 Å². The Morgan fingerprint density at radius 2 is 1.67 bits per heavy atom. The van der Waals surface area contributed by atoms with Crippen molar-refractivity contribution < 1.29 is 18.7 Å². The maximum absolute atomic E-state index is 13.8. The number of hydrogen-bond donors (Lipinski definition) is 0. The zero-order valence-corrected chi connectivity index (χ0v) is 13.3. The van der Waals surface area contributed by atoms with Crippen LogP contribution in [0.15, 0.2) is 60.7 Å². The lowest BCUT2D eigenvalue weighted by Gasteiger charge is -2.10. The van der Waals surface area contributed by atoms with Crippen molar-refractivity contribution in [1.82, 2.24) is 0 Å². The summed E-state index contributed by atoms with van der Waals surface area (Å²) < 4.78 is 24.8. The molecule has 3 aromatic rings. The van der Waals surface area contributed by atoms with Crippen LogP contribution in [0.1, 0.15) is 17.3 Å². The predicted molar refractivity (Wildman–Crippen MR) is 91.3 cm³/mol. The number of carbonyl (C=O) groups is 1. The Bertz CT molecular complexity index is 874. The van der Waals surface area contributed by atoms with Crippen LogP contribution in [0.5, 0.6) is 11.5 Å². The molecule has 0 atom stereocenters. The summed E-state index contributed by atoms with van der Waals surface area (Å²) in [6, 6.07) is 18.0. The Morgan fingerprint density at radius 1 is 0.917 bits per heavy atom. The standard InChI is InChI=1S/C20H17FO3/c1-14(22)16-7-9-20(19(21)13-16)24-11-10-23-18-8-6-15-4-2-3-5-17(15)12-18/h2-9,12-13H,10-11H2,1H3. The number of carbonyl (C=O) groups excluding carboxylic acids is 1. The molecular formula is C20H17FO3. The van der Waals surface area contributed by atoms with Crippen LogP contribution in [0.3, 0.4) is 0 Å². The number of Topliss-reactive ketones (excluding diaryl/α,β-unsaturated/α-hetero) is 1. The summed E-state index contributed by atoms with van der Waals surface area (Å²) in [5.74, 6) is 0.125. The lowest BCUT2D eigenvalue weighted by atomic mass is 10.1. The molecule has 0 N–H and O–H groups in total. The minimum atomic E-state index is -0.548. The number of fused-ring (bicyclic) bond motifs is 1. The summed E-state index contributed by atoms with van der Waals surface area (Å²) in [6.45, 7) is 1.90. The molecule has 3 aromatic carbocycles. The van der Waals surface area contributed by atoms with Crippen molar-refractivity contribution in [3.8, 4) is 11.5 Å². The van der Waals surface area contributed by atoms with Gasteiger partial charge in [0.05, 0.1) is 0 Å². The predicted octanol–water partition coefficient (Wildman–Crippen LogP) is 4.64. The highest BCUT2D eigenvalue weighted by atomic mass is 19.1. The van der Waals surface area contributed by atoms with E-state index in [-0.39, 0.29) is 18.1 Å². The number of benzene rings is 3. The van der Waals surface area contributed by atoms with Crippen LogP contribution in [0.25, 0.3) is 10.8 Å². The maximum Gasteiger partial charge on any atom is 0.165 e. The number of ketones is 1. The van der Waals surface area contributed by atoms with Gasteiger partial charge in [0.2, 0.25) is 0 Å². The first-order chi connectivity index (χ1) is 11.6. The van der Waals surface area contributed by atoms with Gasteiger partial charge >= 0.3 is 0 Å². The van der Waals surface area contributed by atoms with Crippen LogP contribution in [0, 0.1) is 5.82 Å². The third kappa shape index (κ3) is 3.71. The first-order valence-corrected chi connectivity index (χ1v) is 7.68. The van der Waals surface area contributed by atoms with E-state index >= 15 is 0 Å². The summed E-state index contributed by atoms with van der Waals surface area (Å²) in [4.78, 5) is 11.2. The highest BCUT2D eigenvalue weighted by Crippen LogP contribution is 2.21. The lowest BCUT2D eigenvalue weighted by Crippen LogP contribution is -2.10. The Labute approximate surface area is 139 Å². The molecule has 3 rings (SSSR count). The van der Waals surface area contributed by atoms with E-state index in [9.17, 15) is 9.18 Å². The van der Waals surface area contributed by atoms with Gasteiger partial charge < -0.3 is 9.47 Å². The zero-order valence-electron chi connectivity index (χ0n) is 13.3. The van der Waals surface area contributed by atoms with Gasteiger partial charge in [0.15, 0.2) is 17.3 Å². The third-order valence-corrected chi connectivity index (χ3v) is 3.67. The van der Waals surface area contributed by atoms with Gasteiger partial charge in [-0.25, -0.2) is 4.39 Å². The molecule has 122 valence electrons. The fourth-order valence-corrected chi connectivity index (χ4v) is 2.41. The first-order valence-electron chi connectivity index (χ1n) is 7.68. The first kappa shape index (κ1) is 16.0. The van der Waals surface area contributed by atoms with Crippen LogP contribution in [-0.4, -0.2) is 19.0 Å². The van der Waals surface area contributed by atoms with Crippen molar-refractivity contribution in [2.75, 3.05) is 13.2 Å². The van der Waals surface area contributed by atoms with Crippen molar-refractivity contribution in [1.29, 1.82) is 0 Å². The number of halogens is 1. The molecule has 0 amide bonds. The van der Waals surface area contributed by atoms with Gasteiger partial charge in [-0.3, -0.25) is 4.79 Å². The van der Waals surface area contributed by atoms with E-state index in [0.29, 0.717) is 12.2 Å². The second-order valence-electron chi connectivity index (χ2n) is 5.41. The highest BCUT2D eigenvalue weighted by molar-refractivity contribution is 5.94. The van der Waals surface area contributed by atoms with Gasteiger partial charge in [-0.05, 0) is 48.0 Å². The van der Waals surface area contributed by atoms with Crippen LogP contribution in [0.2, 0.25) is 0 Å². The van der Waals surface area contributed by atoms with Crippen molar-refractivity contribution in [2.24, 2.45) is 0 Å². The normalized spacial score (nSPS) is 10.6. The molecule has 0 saturated carbocycles. The highest BCUT2D eigenvalue weighted by Gasteiger charge is 2.07. The molecule has 0 radical (unpaired) electrons. The van der Waals surface area contributed by atoms with E-state index in [4.69, 9.17) is 9.47 Å². The molecule has 0 aliphatic heterocycles. The maximum atomic E-state index is 13.8.